The molecule has 0 saturated carbocycles. The van der Waals surface area contributed by atoms with Gasteiger partial charge in [0, 0.05) is 23.5 Å². The van der Waals surface area contributed by atoms with Crippen molar-refractivity contribution in [2.24, 2.45) is 5.10 Å². The van der Waals surface area contributed by atoms with Crippen molar-refractivity contribution in [1.82, 2.24) is 10.4 Å². The molecule has 22 heavy (non-hydrogen) atoms. The van der Waals surface area contributed by atoms with Gasteiger partial charge in [0.1, 0.15) is 0 Å². The number of halogens is 2. The van der Waals surface area contributed by atoms with Gasteiger partial charge in [0.15, 0.2) is 11.5 Å². The Morgan fingerprint density at radius 2 is 1.82 bits per heavy atom. The van der Waals surface area contributed by atoms with E-state index in [-0.39, 0.29) is 21.9 Å². The van der Waals surface area contributed by atoms with Gasteiger partial charge in [-0.2, -0.15) is 5.10 Å². The molecule has 3 N–H and O–H groups in total. The summed E-state index contributed by atoms with van der Waals surface area (Å²) >= 11 is 6.37. The minimum absolute atomic E-state index is 0.262. The first-order valence-corrected chi connectivity index (χ1v) is 7.65. The maximum Gasteiger partial charge on any atom is 0.271 e. The summed E-state index contributed by atoms with van der Waals surface area (Å²) in [5.74, 6) is -0.948. The van der Waals surface area contributed by atoms with E-state index in [2.05, 4.69) is 47.4 Å². The molecule has 0 aliphatic heterocycles. The van der Waals surface area contributed by atoms with Crippen molar-refractivity contribution in [3.8, 4) is 11.5 Å². The second-order valence-corrected chi connectivity index (χ2v) is 5.88. The van der Waals surface area contributed by atoms with Crippen molar-refractivity contribution in [3.05, 3.63) is 50.2 Å². The Kier molecular flexibility index (Phi) is 5.15. The number of carbonyl (C=O) groups is 1. The Morgan fingerprint density at radius 1 is 1.23 bits per heavy atom. The van der Waals surface area contributed by atoms with Crippen molar-refractivity contribution in [2.75, 3.05) is 0 Å². The highest BCUT2D eigenvalue weighted by Crippen LogP contribution is 2.43. The number of amides is 1. The van der Waals surface area contributed by atoms with Gasteiger partial charge in [-0.15, -0.1) is 0 Å². The van der Waals surface area contributed by atoms with Gasteiger partial charge in [-0.25, -0.2) is 5.43 Å². The van der Waals surface area contributed by atoms with Crippen LogP contribution in [0.15, 0.2) is 38.6 Å². The molecule has 0 spiro atoms. The molecule has 2 aromatic rings. The summed E-state index contributed by atoms with van der Waals surface area (Å²) in [6.07, 6.45) is 4.39. The first-order valence-electron chi connectivity index (χ1n) is 6.06. The summed E-state index contributed by atoms with van der Waals surface area (Å²) in [7, 11) is 0. The molecule has 0 aliphatic rings. The number of aromatic hydroxyl groups is 2. The quantitative estimate of drug-likeness (QED) is 0.397. The monoisotopic (exact) mass is 427 g/mol. The number of pyridine rings is 1. The zero-order valence-corrected chi connectivity index (χ0v) is 14.5. The number of hydrazone groups is 1. The van der Waals surface area contributed by atoms with E-state index in [1.165, 1.54) is 18.6 Å². The Morgan fingerprint density at radius 3 is 2.45 bits per heavy atom. The fourth-order valence-corrected chi connectivity index (χ4v) is 2.66. The zero-order valence-electron chi connectivity index (χ0n) is 11.3. The van der Waals surface area contributed by atoms with Gasteiger partial charge in [-0.05, 0) is 56.5 Å². The van der Waals surface area contributed by atoms with Crippen molar-refractivity contribution in [3.63, 3.8) is 0 Å². The third-order valence-electron chi connectivity index (χ3n) is 2.91. The van der Waals surface area contributed by atoms with E-state index in [1.807, 2.05) is 0 Å². The average molecular weight is 429 g/mol. The Labute approximate surface area is 143 Å². The topological polar surface area (TPSA) is 94.8 Å². The van der Waals surface area contributed by atoms with Crippen molar-refractivity contribution in [1.29, 1.82) is 0 Å². The van der Waals surface area contributed by atoms with Crippen LogP contribution in [-0.2, 0) is 0 Å². The summed E-state index contributed by atoms with van der Waals surface area (Å²) in [5.41, 5.74) is 3.99. The highest BCUT2D eigenvalue weighted by atomic mass is 79.9. The third kappa shape index (κ3) is 3.28. The molecule has 1 aromatic heterocycles. The van der Waals surface area contributed by atoms with E-state index in [0.717, 1.165) is 0 Å². The van der Waals surface area contributed by atoms with Gasteiger partial charge in [0.05, 0.1) is 15.2 Å². The van der Waals surface area contributed by atoms with Crippen LogP contribution in [0.5, 0.6) is 11.5 Å². The van der Waals surface area contributed by atoms with Gasteiger partial charge in [-0.3, -0.25) is 9.78 Å². The summed E-state index contributed by atoms with van der Waals surface area (Å²) < 4.78 is 0.641. The van der Waals surface area contributed by atoms with E-state index in [4.69, 9.17) is 0 Å². The Hall–Kier alpha value is -1.93. The lowest BCUT2D eigenvalue weighted by molar-refractivity contribution is 0.0955. The molecule has 0 aliphatic carbocycles. The van der Waals surface area contributed by atoms with Crippen LogP contribution in [0.4, 0.5) is 0 Å². The number of hydrogen-bond donors (Lipinski definition) is 3. The number of carbonyl (C=O) groups excluding carboxylic acids is 1. The van der Waals surface area contributed by atoms with Crippen LogP contribution < -0.4 is 5.43 Å². The van der Waals surface area contributed by atoms with Gasteiger partial charge in [0.25, 0.3) is 5.91 Å². The highest BCUT2D eigenvalue weighted by molar-refractivity contribution is 9.11. The molecule has 0 saturated heterocycles. The number of phenols is 2. The summed E-state index contributed by atoms with van der Waals surface area (Å²) in [6.45, 7) is 1.74. The molecule has 0 fully saturated rings. The molecule has 114 valence electrons. The fraction of sp³-hybridized carbons (Fsp3) is 0.0714. The normalized spacial score (nSPS) is 10.9. The van der Waals surface area contributed by atoms with Gasteiger partial charge >= 0.3 is 0 Å². The minimum atomic E-state index is -0.380. The average Bonchev–Trinajstić information content (AvgIpc) is 2.55. The van der Waals surface area contributed by atoms with E-state index >= 15 is 0 Å². The van der Waals surface area contributed by atoms with Crippen LogP contribution in [0.2, 0.25) is 0 Å². The predicted octanol–water partition coefficient (Wildman–Crippen LogP) is 3.09. The molecule has 6 nitrogen and oxygen atoms in total. The maximum atomic E-state index is 11.8. The predicted molar refractivity (Wildman–Crippen MR) is 89.2 cm³/mol. The Balaban J connectivity index is 2.23. The summed E-state index contributed by atoms with van der Waals surface area (Å²) in [6, 6.07) is 3.13. The van der Waals surface area contributed by atoms with Gasteiger partial charge in [-0.1, -0.05) is 0 Å². The zero-order chi connectivity index (χ0) is 16.3. The van der Waals surface area contributed by atoms with Crippen LogP contribution >= 0.6 is 31.9 Å². The summed E-state index contributed by atoms with van der Waals surface area (Å²) in [5, 5.41) is 23.4. The number of phenolic OH excluding ortho intramolecular Hbond substituents is 2. The van der Waals surface area contributed by atoms with Crippen LogP contribution in [0, 0.1) is 6.92 Å². The number of aromatic nitrogens is 1. The molecule has 8 heteroatoms. The molecule has 0 atom stereocenters. The van der Waals surface area contributed by atoms with Crippen molar-refractivity contribution < 1.29 is 15.0 Å². The lowest BCUT2D eigenvalue weighted by Crippen LogP contribution is -2.17. The number of rotatable bonds is 3. The molecular weight excluding hydrogens is 418 g/mol. The van der Waals surface area contributed by atoms with Crippen LogP contribution in [-0.4, -0.2) is 27.3 Å². The smallest absolute Gasteiger partial charge is 0.271 e. The van der Waals surface area contributed by atoms with Crippen LogP contribution in [0.25, 0.3) is 0 Å². The lowest BCUT2D eigenvalue weighted by Gasteiger charge is -2.10. The van der Waals surface area contributed by atoms with E-state index in [1.54, 1.807) is 19.1 Å². The van der Waals surface area contributed by atoms with Gasteiger partial charge in [0.2, 0.25) is 0 Å². The number of nitrogens with one attached hydrogen (secondary N) is 1. The van der Waals surface area contributed by atoms with Crippen LogP contribution in [0.3, 0.4) is 0 Å². The maximum absolute atomic E-state index is 11.8. The Bertz CT molecular complexity index is 720. The SMILES string of the molecule is Cc1c(Br)c(O)c(O)c(Br)c1/C=N/NC(=O)c1ccncc1. The molecule has 2 rings (SSSR count). The molecule has 1 heterocycles. The molecule has 1 amide bonds. The first kappa shape index (κ1) is 16.4. The second kappa shape index (κ2) is 6.89. The second-order valence-electron chi connectivity index (χ2n) is 4.30. The lowest BCUT2D eigenvalue weighted by atomic mass is 10.1. The highest BCUT2D eigenvalue weighted by Gasteiger charge is 2.17. The van der Waals surface area contributed by atoms with Gasteiger partial charge < -0.3 is 10.2 Å². The minimum Gasteiger partial charge on any atom is -0.503 e. The van der Waals surface area contributed by atoms with Crippen molar-refractivity contribution >= 4 is 44.0 Å². The molecule has 0 radical (unpaired) electrons. The third-order valence-corrected chi connectivity index (χ3v) is 4.69. The van der Waals surface area contributed by atoms with E-state index in [0.29, 0.717) is 21.2 Å². The summed E-state index contributed by atoms with van der Waals surface area (Å²) in [4.78, 5) is 15.7. The van der Waals surface area contributed by atoms with E-state index < -0.39 is 0 Å². The number of nitrogens with zero attached hydrogens (tertiary/aromatic N) is 2. The molecule has 0 bridgehead atoms. The molecule has 1 aromatic carbocycles. The van der Waals surface area contributed by atoms with E-state index in [9.17, 15) is 15.0 Å². The standard InChI is InChI=1S/C14H11Br2N3O3/c1-7-9(11(16)13(21)12(20)10(7)15)6-18-19-14(22)8-2-4-17-5-3-8/h2-6,20-21H,1H3,(H,19,22)/b18-6+. The molecule has 0 unspecified atom stereocenters. The number of hydrogen-bond acceptors (Lipinski definition) is 5. The molecular formula is C14H11Br2N3O3. The number of benzene rings is 1. The van der Waals surface area contributed by atoms with Crippen LogP contribution in [0.1, 0.15) is 21.5 Å². The first-order chi connectivity index (χ1) is 10.4. The van der Waals surface area contributed by atoms with Crippen molar-refractivity contribution in [2.45, 2.75) is 6.92 Å². The fourth-order valence-electron chi connectivity index (χ4n) is 1.67. The largest absolute Gasteiger partial charge is 0.503 e.